The number of pyridine rings is 2. The number of methoxy groups -OCH3 is 1. The van der Waals surface area contributed by atoms with E-state index in [1.54, 1.807) is 24.5 Å². The first kappa shape index (κ1) is 30.3. The lowest BCUT2D eigenvalue weighted by molar-refractivity contribution is 0.101. The number of nitrogens with two attached hydrogens (primary N) is 1. The van der Waals surface area contributed by atoms with E-state index in [0.29, 0.717) is 22.9 Å². The molecule has 5 heterocycles. The molecule has 7 rings (SSSR count). The maximum atomic E-state index is 13.3. The van der Waals surface area contributed by atoms with Crippen LogP contribution in [0.2, 0.25) is 0 Å². The van der Waals surface area contributed by atoms with Gasteiger partial charge in [-0.25, -0.2) is 4.98 Å². The summed E-state index contributed by atoms with van der Waals surface area (Å²) in [4.78, 5) is 37.0. The van der Waals surface area contributed by atoms with Gasteiger partial charge in [-0.2, -0.15) is 0 Å². The molecule has 1 aliphatic rings. The normalized spacial score (nSPS) is 14.0. The largest absolute Gasteiger partial charge is 0.495 e. The number of fused-ring (bicyclic) bond motifs is 2. The number of aromatic nitrogens is 3. The minimum Gasteiger partial charge on any atom is -0.495 e. The zero-order chi connectivity index (χ0) is 32.5. The first-order valence-electron chi connectivity index (χ1n) is 15.4. The number of anilines is 3. The number of H-pyrrole nitrogens is 1. The number of aromatic amines is 1. The lowest BCUT2D eigenvalue weighted by Crippen LogP contribution is -2.46. The highest BCUT2D eigenvalue weighted by Gasteiger charge is 2.19. The van der Waals surface area contributed by atoms with E-state index >= 15 is 0 Å². The SMILES string of the molecule is COc1cc(-c2csc3c(C=CCN4CCN(c5cccc(=O)[nH]5)CC4)cnc(N)c23)ccc1NC(=O)c1cc2ccccc2n1C. The molecule has 1 fully saturated rings. The van der Waals surface area contributed by atoms with Gasteiger partial charge in [-0.05, 0) is 41.3 Å². The van der Waals surface area contributed by atoms with Gasteiger partial charge in [-0.15, -0.1) is 11.3 Å². The van der Waals surface area contributed by atoms with Crippen molar-refractivity contribution in [2.45, 2.75) is 0 Å². The highest BCUT2D eigenvalue weighted by atomic mass is 32.1. The minimum atomic E-state index is -0.213. The van der Waals surface area contributed by atoms with Crippen molar-refractivity contribution in [1.29, 1.82) is 0 Å². The number of carbonyl (C=O) groups excluding carboxylic acids is 1. The van der Waals surface area contributed by atoms with Gasteiger partial charge in [0.05, 0.1) is 12.8 Å². The van der Waals surface area contributed by atoms with Crippen LogP contribution in [-0.4, -0.2) is 65.2 Å². The number of rotatable bonds is 8. The van der Waals surface area contributed by atoms with Gasteiger partial charge in [0.2, 0.25) is 5.56 Å². The lowest BCUT2D eigenvalue weighted by atomic mass is 10.0. The van der Waals surface area contributed by atoms with Crippen LogP contribution < -0.4 is 26.2 Å². The molecular weight excluding hydrogens is 611 g/mol. The number of thiophene rings is 1. The molecule has 238 valence electrons. The molecule has 0 spiro atoms. The molecule has 0 aliphatic carbocycles. The lowest BCUT2D eigenvalue weighted by Gasteiger charge is -2.35. The summed E-state index contributed by atoms with van der Waals surface area (Å²) < 4.78 is 8.68. The first-order chi connectivity index (χ1) is 22.9. The number of hydrogen-bond acceptors (Lipinski definition) is 8. The van der Waals surface area contributed by atoms with E-state index in [1.807, 2.05) is 72.4 Å². The monoisotopic (exact) mass is 645 g/mol. The molecule has 10 nitrogen and oxygen atoms in total. The summed E-state index contributed by atoms with van der Waals surface area (Å²) in [5.41, 5.74) is 11.4. The number of piperazine rings is 1. The third kappa shape index (κ3) is 5.98. The summed E-state index contributed by atoms with van der Waals surface area (Å²) in [5, 5.41) is 7.02. The van der Waals surface area contributed by atoms with Gasteiger partial charge in [0.1, 0.15) is 23.1 Å². The fraction of sp³-hybridized carbons (Fsp3) is 0.194. The van der Waals surface area contributed by atoms with Crippen molar-refractivity contribution >= 4 is 61.6 Å². The minimum absolute atomic E-state index is 0.0783. The highest BCUT2D eigenvalue weighted by molar-refractivity contribution is 7.18. The molecule has 2 aromatic carbocycles. The maximum Gasteiger partial charge on any atom is 0.272 e. The van der Waals surface area contributed by atoms with Crippen molar-refractivity contribution in [2.75, 3.05) is 55.8 Å². The van der Waals surface area contributed by atoms with Gasteiger partial charge in [0.15, 0.2) is 0 Å². The molecule has 6 aromatic rings. The Morgan fingerprint density at radius 3 is 2.70 bits per heavy atom. The standard InChI is InChI=1S/C36H35N7O3S/c1-41-28-9-4-3-7-24(28)19-29(41)36(45)39-27-13-12-23(20-30(27)46-2)26-22-47-34-25(21-38-35(37)33(26)34)8-6-14-42-15-17-43(18-16-42)31-10-5-11-32(44)40-31/h3-13,19-22H,14-18H2,1-2H3,(H2,37,38)(H,39,45)(H,40,44). The number of hydrogen-bond donors (Lipinski definition) is 3. The molecule has 4 N–H and O–H groups in total. The van der Waals surface area contributed by atoms with Crippen molar-refractivity contribution in [3.8, 4) is 16.9 Å². The molecule has 1 aliphatic heterocycles. The highest BCUT2D eigenvalue weighted by Crippen LogP contribution is 2.41. The smallest absolute Gasteiger partial charge is 0.272 e. The van der Waals surface area contributed by atoms with Crippen molar-refractivity contribution in [2.24, 2.45) is 7.05 Å². The van der Waals surface area contributed by atoms with Crippen molar-refractivity contribution in [1.82, 2.24) is 19.4 Å². The van der Waals surface area contributed by atoms with Crippen LogP contribution in [0.15, 0.2) is 89.2 Å². The molecule has 0 saturated carbocycles. The van der Waals surface area contributed by atoms with E-state index in [2.05, 4.69) is 42.6 Å². The number of nitrogens with zero attached hydrogens (tertiary/aromatic N) is 4. The average Bonchev–Trinajstić information content (AvgIpc) is 3.69. The summed E-state index contributed by atoms with van der Waals surface area (Å²) in [6, 6.07) is 20.8. The van der Waals surface area contributed by atoms with E-state index in [1.165, 1.54) is 6.07 Å². The molecule has 11 heteroatoms. The predicted molar refractivity (Wildman–Crippen MR) is 192 cm³/mol. The third-order valence-electron chi connectivity index (χ3n) is 8.72. The Bertz CT molecular complexity index is 2190. The molecule has 0 unspecified atom stereocenters. The quantitative estimate of drug-likeness (QED) is 0.191. The van der Waals surface area contributed by atoms with Crippen LogP contribution in [0.25, 0.3) is 38.2 Å². The van der Waals surface area contributed by atoms with Crippen LogP contribution in [0.3, 0.4) is 0 Å². The predicted octanol–water partition coefficient (Wildman–Crippen LogP) is 5.82. The number of aryl methyl sites for hydroxylation is 1. The number of carbonyl (C=O) groups is 1. The number of benzene rings is 2. The second-order valence-electron chi connectivity index (χ2n) is 11.6. The molecule has 1 amide bonds. The first-order valence-corrected chi connectivity index (χ1v) is 16.3. The Labute approximate surface area is 275 Å². The van der Waals surface area contributed by atoms with Crippen molar-refractivity contribution in [3.63, 3.8) is 0 Å². The van der Waals surface area contributed by atoms with E-state index in [9.17, 15) is 9.59 Å². The maximum absolute atomic E-state index is 13.3. The zero-order valence-corrected chi connectivity index (χ0v) is 27.0. The Morgan fingerprint density at radius 1 is 1.09 bits per heavy atom. The van der Waals surface area contributed by atoms with Crippen molar-refractivity contribution in [3.05, 3.63) is 106 Å². The Balaban J connectivity index is 1.07. The molecular formula is C36H35N7O3S. The number of nitrogen functional groups attached to an aromatic ring is 1. The second kappa shape index (κ2) is 12.8. The summed E-state index contributed by atoms with van der Waals surface area (Å²) in [7, 11) is 3.48. The summed E-state index contributed by atoms with van der Waals surface area (Å²) in [6.45, 7) is 4.32. The number of amides is 1. The molecule has 1 saturated heterocycles. The van der Waals surface area contributed by atoms with Gasteiger partial charge in [-0.3, -0.25) is 14.5 Å². The Morgan fingerprint density at radius 2 is 1.91 bits per heavy atom. The fourth-order valence-electron chi connectivity index (χ4n) is 6.19. The van der Waals surface area contributed by atoms with Gasteiger partial charge < -0.3 is 30.2 Å². The van der Waals surface area contributed by atoms with Crippen LogP contribution >= 0.6 is 11.3 Å². The molecule has 0 radical (unpaired) electrons. The van der Waals surface area contributed by atoms with E-state index in [0.717, 1.165) is 76.2 Å². The van der Waals surface area contributed by atoms with Crippen LogP contribution in [0.5, 0.6) is 5.75 Å². The Kier molecular flexibility index (Phi) is 8.23. The number of ether oxygens (including phenoxy) is 1. The van der Waals surface area contributed by atoms with Gasteiger partial charge in [0, 0.05) is 84.2 Å². The fourth-order valence-corrected chi connectivity index (χ4v) is 7.27. The molecule has 4 aromatic heterocycles. The van der Waals surface area contributed by atoms with E-state index < -0.39 is 0 Å². The topological polar surface area (TPSA) is 122 Å². The molecule has 47 heavy (non-hydrogen) atoms. The third-order valence-corrected chi connectivity index (χ3v) is 9.75. The number of para-hydroxylation sites is 1. The van der Waals surface area contributed by atoms with Crippen LogP contribution in [0, 0.1) is 0 Å². The summed E-state index contributed by atoms with van der Waals surface area (Å²) >= 11 is 1.63. The zero-order valence-electron chi connectivity index (χ0n) is 26.2. The second-order valence-corrected chi connectivity index (χ2v) is 12.4. The van der Waals surface area contributed by atoms with Gasteiger partial charge in [0.25, 0.3) is 5.91 Å². The van der Waals surface area contributed by atoms with Crippen LogP contribution in [0.4, 0.5) is 17.3 Å². The molecule has 0 bridgehead atoms. The van der Waals surface area contributed by atoms with Crippen LogP contribution in [0.1, 0.15) is 16.1 Å². The average molecular weight is 646 g/mol. The summed E-state index contributed by atoms with van der Waals surface area (Å²) in [5.74, 6) is 1.68. The summed E-state index contributed by atoms with van der Waals surface area (Å²) in [6.07, 6.45) is 6.11. The van der Waals surface area contributed by atoms with Crippen LogP contribution in [-0.2, 0) is 7.05 Å². The van der Waals surface area contributed by atoms with E-state index in [-0.39, 0.29) is 11.5 Å². The molecule has 0 atom stereocenters. The number of nitrogens with one attached hydrogen (secondary N) is 2. The van der Waals surface area contributed by atoms with Gasteiger partial charge in [-0.1, -0.05) is 42.5 Å². The van der Waals surface area contributed by atoms with Gasteiger partial charge >= 0.3 is 0 Å². The Hall–Kier alpha value is -5.39. The van der Waals surface area contributed by atoms with E-state index in [4.69, 9.17) is 10.5 Å². The van der Waals surface area contributed by atoms with Crippen molar-refractivity contribution < 1.29 is 9.53 Å².